The van der Waals surface area contributed by atoms with Gasteiger partial charge in [-0.2, -0.15) is 11.8 Å². The number of anilines is 1. The lowest BCUT2D eigenvalue weighted by molar-refractivity contribution is -0.384. The molecular weight excluding hydrogens is 350 g/mol. The van der Waals surface area contributed by atoms with Crippen LogP contribution in [0.1, 0.15) is 6.42 Å². The molecular formula is C11H12BrN3O4S. The van der Waals surface area contributed by atoms with Crippen LogP contribution in [0.2, 0.25) is 0 Å². The van der Waals surface area contributed by atoms with E-state index in [1.165, 1.54) is 12.4 Å². The molecule has 0 amide bonds. The largest absolute Gasteiger partial charge is 0.481 e. The van der Waals surface area contributed by atoms with Crippen LogP contribution in [0, 0.1) is 10.1 Å². The topological polar surface area (TPSA) is 96.6 Å². The number of nitrogens with zero attached hydrogens (tertiary/aromatic N) is 3. The second kappa shape index (κ2) is 6.40. The molecule has 2 rings (SSSR count). The Balaban J connectivity index is 2.41. The molecule has 9 heteroatoms. The smallest absolute Gasteiger partial charge is 0.311 e. The molecule has 1 fully saturated rings. The number of halogens is 1. The number of pyridine rings is 1. The van der Waals surface area contributed by atoms with Gasteiger partial charge in [-0.3, -0.25) is 19.9 Å². The minimum absolute atomic E-state index is 0.0427. The van der Waals surface area contributed by atoms with Crippen LogP contribution in [0.4, 0.5) is 11.4 Å². The highest BCUT2D eigenvalue weighted by atomic mass is 79.9. The van der Waals surface area contributed by atoms with Crippen LogP contribution in [0.5, 0.6) is 0 Å². The summed E-state index contributed by atoms with van der Waals surface area (Å²) >= 11 is 4.94. The molecule has 0 aromatic carbocycles. The van der Waals surface area contributed by atoms with Crippen molar-refractivity contribution in [2.24, 2.45) is 0 Å². The molecule has 1 atom stereocenters. The average molecular weight is 362 g/mol. The van der Waals surface area contributed by atoms with Crippen LogP contribution in [0.3, 0.4) is 0 Å². The third kappa shape index (κ3) is 3.21. The molecule has 1 aliphatic heterocycles. The summed E-state index contributed by atoms with van der Waals surface area (Å²) in [6.07, 6.45) is 2.64. The fraction of sp³-hybridized carbons (Fsp3) is 0.455. The highest BCUT2D eigenvalue weighted by molar-refractivity contribution is 9.10. The van der Waals surface area contributed by atoms with Gasteiger partial charge in [-0.15, -0.1) is 0 Å². The van der Waals surface area contributed by atoms with E-state index in [4.69, 9.17) is 5.11 Å². The van der Waals surface area contributed by atoms with Crippen LogP contribution in [-0.4, -0.2) is 45.1 Å². The minimum Gasteiger partial charge on any atom is -0.481 e. The van der Waals surface area contributed by atoms with Gasteiger partial charge in [-0.1, -0.05) is 0 Å². The number of aromatic nitrogens is 1. The summed E-state index contributed by atoms with van der Waals surface area (Å²) < 4.78 is 0.508. The van der Waals surface area contributed by atoms with Crippen molar-refractivity contribution in [3.63, 3.8) is 0 Å². The van der Waals surface area contributed by atoms with Crippen LogP contribution in [0.15, 0.2) is 16.9 Å². The molecule has 1 aromatic heterocycles. The van der Waals surface area contributed by atoms with Gasteiger partial charge in [0.2, 0.25) is 0 Å². The highest BCUT2D eigenvalue weighted by Gasteiger charge is 2.31. The maximum Gasteiger partial charge on any atom is 0.311 e. The number of carboxylic acid groups (broad SMARTS) is 1. The molecule has 0 saturated carbocycles. The van der Waals surface area contributed by atoms with Gasteiger partial charge in [0, 0.05) is 30.3 Å². The summed E-state index contributed by atoms with van der Waals surface area (Å²) in [4.78, 5) is 27.2. The number of carbonyl (C=O) groups is 1. The lowest BCUT2D eigenvalue weighted by Crippen LogP contribution is -2.44. The summed E-state index contributed by atoms with van der Waals surface area (Å²) in [5.74, 6) is 0.538. The lowest BCUT2D eigenvalue weighted by atomic mass is 10.1. The Morgan fingerprint density at radius 2 is 2.40 bits per heavy atom. The molecule has 108 valence electrons. The summed E-state index contributed by atoms with van der Waals surface area (Å²) in [7, 11) is 0. The second-order valence-electron chi connectivity index (χ2n) is 4.27. The Kier molecular flexibility index (Phi) is 4.81. The van der Waals surface area contributed by atoms with Crippen molar-refractivity contribution in [2.75, 3.05) is 23.0 Å². The van der Waals surface area contributed by atoms with E-state index in [1.54, 1.807) is 16.7 Å². The molecule has 0 radical (unpaired) electrons. The van der Waals surface area contributed by atoms with Crippen molar-refractivity contribution in [1.29, 1.82) is 0 Å². The molecule has 1 aliphatic rings. The Morgan fingerprint density at radius 3 is 3.05 bits per heavy atom. The monoisotopic (exact) mass is 361 g/mol. The Morgan fingerprint density at radius 1 is 1.65 bits per heavy atom. The van der Waals surface area contributed by atoms with Gasteiger partial charge in [0.05, 0.1) is 15.8 Å². The molecule has 0 bridgehead atoms. The second-order valence-corrected chi connectivity index (χ2v) is 6.27. The number of nitro groups is 1. The van der Waals surface area contributed by atoms with Gasteiger partial charge in [0.25, 0.3) is 0 Å². The van der Waals surface area contributed by atoms with E-state index in [0.717, 1.165) is 5.75 Å². The van der Waals surface area contributed by atoms with Crippen molar-refractivity contribution < 1.29 is 14.8 Å². The zero-order chi connectivity index (χ0) is 14.7. The fourth-order valence-corrected chi connectivity index (χ4v) is 3.77. The first-order valence-corrected chi connectivity index (χ1v) is 7.79. The summed E-state index contributed by atoms with van der Waals surface area (Å²) in [5, 5.41) is 20.1. The molecule has 7 nitrogen and oxygen atoms in total. The van der Waals surface area contributed by atoms with E-state index in [0.29, 0.717) is 22.5 Å². The third-order valence-electron chi connectivity index (χ3n) is 2.98. The van der Waals surface area contributed by atoms with Crippen molar-refractivity contribution in [3.8, 4) is 0 Å². The SMILES string of the molecule is O=C(O)CC1CSCCN1c1c(Br)cncc1[N+](=O)[O-]. The summed E-state index contributed by atoms with van der Waals surface area (Å²) in [6, 6.07) is -0.261. The Hall–Kier alpha value is -1.35. The van der Waals surface area contributed by atoms with Crippen LogP contribution < -0.4 is 4.90 Å². The van der Waals surface area contributed by atoms with Crippen molar-refractivity contribution >= 4 is 45.0 Å². The molecule has 0 aliphatic carbocycles. The van der Waals surface area contributed by atoms with Crippen LogP contribution in [-0.2, 0) is 4.79 Å². The van der Waals surface area contributed by atoms with Crippen molar-refractivity contribution in [3.05, 3.63) is 27.0 Å². The van der Waals surface area contributed by atoms with Gasteiger partial charge in [-0.05, 0) is 15.9 Å². The van der Waals surface area contributed by atoms with Gasteiger partial charge >= 0.3 is 11.7 Å². The molecule has 2 heterocycles. The highest BCUT2D eigenvalue weighted by Crippen LogP contribution is 2.38. The van der Waals surface area contributed by atoms with Gasteiger partial charge in [-0.25, -0.2) is 0 Å². The number of thioether (sulfide) groups is 1. The number of carboxylic acids is 1. The normalized spacial score (nSPS) is 18.9. The molecule has 1 unspecified atom stereocenters. The van der Waals surface area contributed by atoms with Gasteiger partial charge < -0.3 is 10.0 Å². The Labute approximate surface area is 127 Å². The fourth-order valence-electron chi connectivity index (χ4n) is 2.16. The lowest BCUT2D eigenvalue weighted by Gasteiger charge is -2.36. The molecule has 1 aromatic rings. The zero-order valence-corrected chi connectivity index (χ0v) is 12.8. The number of hydrogen-bond acceptors (Lipinski definition) is 6. The number of aliphatic carboxylic acids is 1. The van der Waals surface area contributed by atoms with E-state index in [1.807, 2.05) is 0 Å². The number of rotatable bonds is 4. The zero-order valence-electron chi connectivity index (χ0n) is 10.4. The molecule has 1 N–H and O–H groups in total. The van der Waals surface area contributed by atoms with E-state index < -0.39 is 10.9 Å². The quantitative estimate of drug-likeness (QED) is 0.647. The first kappa shape index (κ1) is 15.0. The molecule has 0 spiro atoms. The molecule has 20 heavy (non-hydrogen) atoms. The third-order valence-corrected chi connectivity index (χ3v) is 4.65. The maximum atomic E-state index is 11.1. The first-order chi connectivity index (χ1) is 9.50. The number of hydrogen-bond donors (Lipinski definition) is 1. The average Bonchev–Trinajstić information content (AvgIpc) is 2.38. The Bertz CT molecular complexity index is 542. The van der Waals surface area contributed by atoms with Crippen molar-refractivity contribution in [2.45, 2.75) is 12.5 Å². The molecule has 1 saturated heterocycles. The van der Waals surface area contributed by atoms with Crippen LogP contribution in [0.25, 0.3) is 0 Å². The van der Waals surface area contributed by atoms with E-state index in [-0.39, 0.29) is 18.2 Å². The predicted molar refractivity (Wildman–Crippen MR) is 79.3 cm³/mol. The summed E-state index contributed by atoms with van der Waals surface area (Å²) in [6.45, 7) is 0.575. The van der Waals surface area contributed by atoms with E-state index in [2.05, 4.69) is 20.9 Å². The van der Waals surface area contributed by atoms with Crippen molar-refractivity contribution in [1.82, 2.24) is 4.98 Å². The van der Waals surface area contributed by atoms with Gasteiger partial charge in [0.15, 0.2) is 0 Å². The van der Waals surface area contributed by atoms with E-state index in [9.17, 15) is 14.9 Å². The standard InChI is InChI=1S/C11H12BrN3O4S/c12-8-4-13-5-9(15(18)19)11(8)14-1-2-20-6-7(14)3-10(16)17/h4-5,7H,1-3,6H2,(H,16,17). The maximum absolute atomic E-state index is 11.1. The predicted octanol–water partition coefficient (Wildman–Crippen LogP) is 2.15. The minimum atomic E-state index is -0.907. The van der Waals surface area contributed by atoms with E-state index >= 15 is 0 Å². The van der Waals surface area contributed by atoms with Crippen LogP contribution >= 0.6 is 27.7 Å². The van der Waals surface area contributed by atoms with Gasteiger partial charge in [0.1, 0.15) is 11.9 Å². The summed E-state index contributed by atoms with van der Waals surface area (Å²) in [5.41, 5.74) is 0.304. The first-order valence-electron chi connectivity index (χ1n) is 5.84.